The number of carbonyl (C=O) groups is 3. The minimum atomic E-state index is -0.765. The molecule has 1 N–H and O–H groups in total. The van der Waals surface area contributed by atoms with Gasteiger partial charge in [-0.2, -0.15) is 5.10 Å². The van der Waals surface area contributed by atoms with Gasteiger partial charge < -0.3 is 19.7 Å². The van der Waals surface area contributed by atoms with Gasteiger partial charge in [-0.15, -0.1) is 0 Å². The van der Waals surface area contributed by atoms with Crippen molar-refractivity contribution in [3.63, 3.8) is 0 Å². The number of nitrogens with zero attached hydrogens (tertiary/aromatic N) is 7. The molecule has 46 heavy (non-hydrogen) atoms. The number of ketones is 1. The van der Waals surface area contributed by atoms with E-state index in [1.807, 2.05) is 26.8 Å². The molecule has 2 amide bonds. The van der Waals surface area contributed by atoms with Crippen molar-refractivity contribution in [2.45, 2.75) is 78.0 Å². The zero-order chi connectivity index (χ0) is 32.5. The van der Waals surface area contributed by atoms with Crippen molar-refractivity contribution in [1.29, 1.82) is 0 Å². The number of aromatic nitrogens is 6. The van der Waals surface area contributed by atoms with Gasteiger partial charge in [-0.05, 0) is 74.2 Å². The van der Waals surface area contributed by atoms with Crippen LogP contribution in [-0.4, -0.2) is 82.8 Å². The molecule has 0 aromatic carbocycles. The fraction of sp³-hybridized carbons (Fsp3) is 0.438. The molecule has 3 aliphatic rings. The van der Waals surface area contributed by atoms with E-state index < -0.39 is 17.2 Å². The highest BCUT2D eigenvalue weighted by Crippen LogP contribution is 2.64. The highest BCUT2D eigenvalue weighted by molar-refractivity contribution is 9.10. The van der Waals surface area contributed by atoms with Crippen LogP contribution in [0.15, 0.2) is 41.4 Å². The average molecular weight is 690 g/mol. The van der Waals surface area contributed by atoms with Gasteiger partial charge in [0.15, 0.2) is 11.6 Å². The van der Waals surface area contributed by atoms with E-state index >= 15 is 0 Å². The number of nitrogens with one attached hydrogen (secondary N) is 1. The summed E-state index contributed by atoms with van der Waals surface area (Å²) in [4.78, 5) is 59.9. The lowest BCUT2D eigenvalue weighted by atomic mass is 9.93. The third-order valence-corrected chi connectivity index (χ3v) is 9.64. The van der Waals surface area contributed by atoms with E-state index in [1.54, 1.807) is 42.5 Å². The summed E-state index contributed by atoms with van der Waals surface area (Å²) >= 11 is 3.37. The van der Waals surface area contributed by atoms with E-state index in [9.17, 15) is 14.4 Å². The molecule has 1 aliphatic carbocycles. The van der Waals surface area contributed by atoms with Gasteiger partial charge in [0.25, 0.3) is 0 Å². The van der Waals surface area contributed by atoms with Crippen LogP contribution in [0.3, 0.4) is 0 Å². The number of aryl methyl sites for hydroxylation is 2. The van der Waals surface area contributed by atoms with Crippen LogP contribution >= 0.6 is 15.9 Å². The average Bonchev–Trinajstić information content (AvgIpc) is 3.26. The number of piperidine rings is 1. The Labute approximate surface area is 273 Å². The van der Waals surface area contributed by atoms with Crippen molar-refractivity contribution in [3.8, 4) is 11.3 Å². The number of amides is 2. The van der Waals surface area contributed by atoms with Gasteiger partial charge >= 0.3 is 0 Å². The molecule has 4 atom stereocenters. The summed E-state index contributed by atoms with van der Waals surface area (Å²) in [5.74, 6) is -0.551. The van der Waals surface area contributed by atoms with E-state index in [0.717, 1.165) is 5.56 Å². The SMILES string of the molecule is CC(=O)c1nn(CC(=O)N2[C@H](C(=O)Nc3nc(Br)ccc3C)C[C@@]3([C@H]4COC(C)(C)O4)C[C@@H]23)c2cnc(-c3cnc(C)nc3)cc12. The van der Waals surface area contributed by atoms with Crippen LogP contribution in [0.4, 0.5) is 5.82 Å². The van der Waals surface area contributed by atoms with Crippen molar-refractivity contribution in [2.24, 2.45) is 5.41 Å². The molecule has 4 aromatic rings. The number of pyridine rings is 2. The van der Waals surface area contributed by atoms with Gasteiger partial charge in [-0.1, -0.05) is 6.07 Å². The van der Waals surface area contributed by atoms with E-state index in [1.165, 1.54) is 11.6 Å². The zero-order valence-corrected chi connectivity index (χ0v) is 27.7. The zero-order valence-electron chi connectivity index (χ0n) is 26.1. The van der Waals surface area contributed by atoms with Crippen molar-refractivity contribution < 1.29 is 23.9 Å². The first-order valence-electron chi connectivity index (χ1n) is 15.1. The molecule has 0 unspecified atom stereocenters. The number of carbonyl (C=O) groups excluding carboxylic acids is 3. The van der Waals surface area contributed by atoms with E-state index in [2.05, 4.69) is 46.3 Å². The standard InChI is InChI=1S/C32H33BrN8O5/c1-16-6-7-26(33)37-29(16)38-30(44)22-9-32(25-15-45-31(4,5)46-25)10-24(32)41(22)27(43)14-40-23-13-36-21(19-11-34-18(3)35-12-19)8-20(23)28(39-40)17(2)42/h6-8,11-13,22,24-25H,9-10,14-15H2,1-5H3,(H,37,38,44)/t22-,24+,25+,32+/m0/s1. The Morgan fingerprint density at radius 2 is 1.85 bits per heavy atom. The number of ether oxygens (including phenoxy) is 2. The second-order valence-electron chi connectivity index (χ2n) is 12.7. The molecule has 6 heterocycles. The lowest BCUT2D eigenvalue weighted by Crippen LogP contribution is -2.47. The summed E-state index contributed by atoms with van der Waals surface area (Å²) < 4.78 is 14.2. The third kappa shape index (κ3) is 5.27. The Morgan fingerprint density at radius 1 is 1.09 bits per heavy atom. The Balaban J connectivity index is 1.21. The van der Waals surface area contributed by atoms with Crippen molar-refractivity contribution in [2.75, 3.05) is 11.9 Å². The van der Waals surface area contributed by atoms with Crippen LogP contribution < -0.4 is 5.32 Å². The molecule has 3 fully saturated rings. The lowest BCUT2D eigenvalue weighted by Gasteiger charge is -2.27. The molecule has 1 saturated carbocycles. The highest BCUT2D eigenvalue weighted by Gasteiger charge is 2.72. The highest BCUT2D eigenvalue weighted by atomic mass is 79.9. The van der Waals surface area contributed by atoms with Crippen LogP contribution in [0.25, 0.3) is 22.2 Å². The van der Waals surface area contributed by atoms with E-state index in [-0.39, 0.29) is 42.0 Å². The molecule has 2 saturated heterocycles. The van der Waals surface area contributed by atoms with Crippen molar-refractivity contribution in [1.82, 2.24) is 34.6 Å². The molecule has 238 valence electrons. The Bertz CT molecular complexity index is 1910. The number of anilines is 1. The second-order valence-corrected chi connectivity index (χ2v) is 13.6. The van der Waals surface area contributed by atoms with Gasteiger partial charge in [0.2, 0.25) is 11.8 Å². The molecular formula is C32H33BrN8O5. The Morgan fingerprint density at radius 3 is 2.54 bits per heavy atom. The molecular weight excluding hydrogens is 656 g/mol. The van der Waals surface area contributed by atoms with Gasteiger partial charge in [0.05, 0.1) is 30.1 Å². The summed E-state index contributed by atoms with van der Waals surface area (Å²) in [5.41, 5.74) is 2.42. The van der Waals surface area contributed by atoms with Crippen LogP contribution in [0, 0.1) is 19.3 Å². The predicted molar refractivity (Wildman–Crippen MR) is 170 cm³/mol. The summed E-state index contributed by atoms with van der Waals surface area (Å²) in [6, 6.07) is 4.44. The molecule has 0 spiro atoms. The van der Waals surface area contributed by atoms with Crippen molar-refractivity contribution >= 4 is 50.2 Å². The molecule has 4 aromatic heterocycles. The first kappa shape index (κ1) is 30.5. The lowest BCUT2D eigenvalue weighted by molar-refractivity contribution is -0.146. The Kier molecular flexibility index (Phi) is 7.29. The maximum Gasteiger partial charge on any atom is 0.248 e. The minimum absolute atomic E-state index is 0.184. The first-order chi connectivity index (χ1) is 21.8. The Hall–Kier alpha value is -4.14. The monoisotopic (exact) mass is 688 g/mol. The van der Waals surface area contributed by atoms with Gasteiger partial charge in [0, 0.05) is 41.7 Å². The molecule has 13 nitrogen and oxygen atoms in total. The number of Topliss-reactive ketones (excluding diaryl/α,β-unsaturated/α-hetero) is 1. The number of halogens is 1. The van der Waals surface area contributed by atoms with Crippen LogP contribution in [0.5, 0.6) is 0 Å². The van der Waals surface area contributed by atoms with E-state index in [4.69, 9.17) is 9.47 Å². The summed E-state index contributed by atoms with van der Waals surface area (Å²) in [5, 5.41) is 8.06. The van der Waals surface area contributed by atoms with Crippen LogP contribution in [-0.2, 0) is 25.6 Å². The number of hydrogen-bond acceptors (Lipinski definition) is 10. The van der Waals surface area contributed by atoms with Gasteiger partial charge in [0.1, 0.15) is 34.5 Å². The van der Waals surface area contributed by atoms with Crippen LogP contribution in [0.2, 0.25) is 0 Å². The summed E-state index contributed by atoms with van der Waals surface area (Å²) in [6.45, 7) is 9.03. The number of hydrogen-bond donors (Lipinski definition) is 1. The third-order valence-electron chi connectivity index (χ3n) is 9.20. The van der Waals surface area contributed by atoms with Crippen molar-refractivity contribution in [3.05, 3.63) is 58.5 Å². The van der Waals surface area contributed by atoms with Crippen LogP contribution in [0.1, 0.15) is 55.5 Å². The van der Waals surface area contributed by atoms with Gasteiger partial charge in [-0.25, -0.2) is 15.0 Å². The fourth-order valence-electron chi connectivity index (χ4n) is 6.76. The molecule has 14 heteroatoms. The molecule has 7 rings (SSSR count). The maximum atomic E-state index is 14.2. The maximum absolute atomic E-state index is 14.2. The smallest absolute Gasteiger partial charge is 0.248 e. The second kappa shape index (κ2) is 11.0. The topological polar surface area (TPSA) is 154 Å². The predicted octanol–water partition coefficient (Wildman–Crippen LogP) is 4.02. The quantitative estimate of drug-likeness (QED) is 0.222. The fourth-order valence-corrected chi connectivity index (χ4v) is 7.07. The normalized spacial score (nSPS) is 24.7. The molecule has 0 bridgehead atoms. The summed E-state index contributed by atoms with van der Waals surface area (Å²) in [6.07, 6.45) is 5.81. The first-order valence-corrected chi connectivity index (χ1v) is 15.9. The largest absolute Gasteiger partial charge is 0.348 e. The van der Waals surface area contributed by atoms with E-state index in [0.29, 0.717) is 57.9 Å². The number of fused-ring (bicyclic) bond motifs is 2. The van der Waals surface area contributed by atoms with Gasteiger partial charge in [-0.3, -0.25) is 24.0 Å². The minimum Gasteiger partial charge on any atom is -0.348 e. The molecule has 0 radical (unpaired) electrons. The number of rotatable bonds is 7. The molecule has 2 aliphatic heterocycles. The number of likely N-dealkylation sites (tertiary alicyclic amines) is 1. The summed E-state index contributed by atoms with van der Waals surface area (Å²) in [7, 11) is 0.